The molecule has 122 valence electrons. The van der Waals surface area contributed by atoms with Gasteiger partial charge < -0.3 is 14.4 Å². The molecule has 1 aliphatic heterocycles. The summed E-state index contributed by atoms with van der Waals surface area (Å²) in [5.74, 6) is -2.17. The molecule has 7 heteroatoms. The molecule has 0 atom stereocenters. The second-order valence-corrected chi connectivity index (χ2v) is 6.43. The lowest BCUT2D eigenvalue weighted by Crippen LogP contribution is -2.41. The first-order valence-electron chi connectivity index (χ1n) is 7.17. The van der Waals surface area contributed by atoms with E-state index in [0.29, 0.717) is 5.47 Å². The van der Waals surface area contributed by atoms with E-state index in [1.165, 1.54) is 6.08 Å². The zero-order valence-corrected chi connectivity index (χ0v) is 13.5. The van der Waals surface area contributed by atoms with Gasteiger partial charge in [-0.3, -0.25) is 0 Å². The van der Waals surface area contributed by atoms with Gasteiger partial charge in [0.1, 0.15) is 0 Å². The predicted octanol–water partition coefficient (Wildman–Crippen LogP) is 2.84. The number of aliphatic hydroxyl groups excluding tert-OH is 1. The smallest absolute Gasteiger partial charge is 0.400 e. The SMILES string of the molecule is CC1(C)OB(C(=Cc2cc(F)c(F)cc2C#N)CO)OC1(C)C. The number of nitrogens with zero attached hydrogens (tertiary/aromatic N) is 1. The first-order chi connectivity index (χ1) is 10.6. The molecule has 0 spiro atoms. The van der Waals surface area contributed by atoms with Crippen molar-refractivity contribution in [1.29, 1.82) is 5.26 Å². The number of hydrogen-bond donors (Lipinski definition) is 1. The molecule has 1 aromatic rings. The summed E-state index contributed by atoms with van der Waals surface area (Å²) in [6.07, 6.45) is 1.39. The molecular weight excluding hydrogens is 303 g/mol. The van der Waals surface area contributed by atoms with Gasteiger partial charge in [-0.25, -0.2) is 8.78 Å². The first kappa shape index (κ1) is 17.6. The molecule has 1 N–H and O–H groups in total. The highest BCUT2D eigenvalue weighted by atomic mass is 19.2. The summed E-state index contributed by atoms with van der Waals surface area (Å²) in [4.78, 5) is 0. The summed E-state index contributed by atoms with van der Waals surface area (Å²) in [6, 6.07) is 3.53. The van der Waals surface area contributed by atoms with Gasteiger partial charge in [-0.05, 0) is 50.9 Å². The van der Waals surface area contributed by atoms with Crippen LogP contribution in [-0.4, -0.2) is 30.0 Å². The van der Waals surface area contributed by atoms with Gasteiger partial charge in [0, 0.05) is 0 Å². The first-order valence-corrected chi connectivity index (χ1v) is 7.17. The van der Waals surface area contributed by atoms with Crippen LogP contribution in [0.25, 0.3) is 6.08 Å². The maximum Gasteiger partial charge on any atom is 0.492 e. The third kappa shape index (κ3) is 3.30. The van der Waals surface area contributed by atoms with Crippen molar-refractivity contribution in [1.82, 2.24) is 0 Å². The van der Waals surface area contributed by atoms with Crippen LogP contribution >= 0.6 is 0 Å². The topological polar surface area (TPSA) is 62.5 Å². The largest absolute Gasteiger partial charge is 0.492 e. The molecule has 1 saturated heterocycles. The van der Waals surface area contributed by atoms with Crippen LogP contribution in [0.1, 0.15) is 38.8 Å². The average molecular weight is 321 g/mol. The Bertz CT molecular complexity index is 679. The molecule has 0 aromatic heterocycles. The number of hydrogen-bond acceptors (Lipinski definition) is 4. The zero-order valence-electron chi connectivity index (χ0n) is 13.5. The van der Waals surface area contributed by atoms with Crippen molar-refractivity contribution in [2.24, 2.45) is 0 Å². The van der Waals surface area contributed by atoms with Gasteiger partial charge in [0.2, 0.25) is 0 Å². The third-order valence-corrected chi connectivity index (χ3v) is 4.29. The van der Waals surface area contributed by atoms with Gasteiger partial charge in [0.25, 0.3) is 0 Å². The van der Waals surface area contributed by atoms with Crippen LogP contribution in [0.2, 0.25) is 0 Å². The van der Waals surface area contributed by atoms with Crippen LogP contribution in [0.4, 0.5) is 8.78 Å². The van der Waals surface area contributed by atoms with Crippen LogP contribution in [-0.2, 0) is 9.31 Å². The van der Waals surface area contributed by atoms with Crippen molar-refractivity contribution in [2.45, 2.75) is 38.9 Å². The summed E-state index contributed by atoms with van der Waals surface area (Å²) < 4.78 is 38.3. The Morgan fingerprint density at radius 2 is 1.74 bits per heavy atom. The van der Waals surface area contributed by atoms with Gasteiger partial charge >= 0.3 is 7.12 Å². The second-order valence-electron chi connectivity index (χ2n) is 6.43. The maximum atomic E-state index is 13.4. The van der Waals surface area contributed by atoms with E-state index >= 15 is 0 Å². The molecule has 1 aliphatic rings. The van der Waals surface area contributed by atoms with Crippen molar-refractivity contribution in [3.8, 4) is 6.07 Å². The van der Waals surface area contributed by atoms with E-state index in [2.05, 4.69) is 0 Å². The Kier molecular flexibility index (Phi) is 4.63. The van der Waals surface area contributed by atoms with E-state index in [0.717, 1.165) is 12.1 Å². The Hall–Kier alpha value is -1.75. The summed E-state index contributed by atoms with van der Waals surface area (Å²) in [5, 5.41) is 18.7. The number of benzene rings is 1. The number of rotatable bonds is 3. The van der Waals surface area contributed by atoms with Crippen molar-refractivity contribution < 1.29 is 23.2 Å². The van der Waals surface area contributed by atoms with E-state index in [1.54, 1.807) is 6.07 Å². The average Bonchev–Trinajstić information content (AvgIpc) is 2.67. The summed E-state index contributed by atoms with van der Waals surface area (Å²) in [6.45, 7) is 7.04. The van der Waals surface area contributed by atoms with Gasteiger partial charge in [0.05, 0.1) is 29.4 Å². The van der Waals surface area contributed by atoms with Crippen molar-refractivity contribution >= 4 is 13.2 Å². The van der Waals surface area contributed by atoms with Crippen LogP contribution in [0.3, 0.4) is 0 Å². The molecule has 0 unspecified atom stereocenters. The fraction of sp³-hybridized carbons (Fsp3) is 0.438. The predicted molar refractivity (Wildman–Crippen MR) is 82.2 cm³/mol. The molecule has 23 heavy (non-hydrogen) atoms. The molecular formula is C16H18BF2NO3. The third-order valence-electron chi connectivity index (χ3n) is 4.29. The maximum absolute atomic E-state index is 13.4. The summed E-state index contributed by atoms with van der Waals surface area (Å²) in [7, 11) is -0.829. The van der Waals surface area contributed by atoms with E-state index in [1.807, 2.05) is 27.7 Å². The fourth-order valence-electron chi connectivity index (χ4n) is 2.16. The highest BCUT2D eigenvalue weighted by molar-refractivity contribution is 6.55. The van der Waals surface area contributed by atoms with Gasteiger partial charge in [0.15, 0.2) is 11.6 Å². The zero-order chi connectivity index (χ0) is 17.4. The second kappa shape index (κ2) is 6.04. The summed E-state index contributed by atoms with van der Waals surface area (Å²) >= 11 is 0. The van der Waals surface area contributed by atoms with Gasteiger partial charge in [-0.1, -0.05) is 6.08 Å². The minimum Gasteiger partial charge on any atom is -0.400 e. The van der Waals surface area contributed by atoms with E-state index in [9.17, 15) is 13.9 Å². The monoisotopic (exact) mass is 321 g/mol. The molecule has 1 aromatic carbocycles. The van der Waals surface area contributed by atoms with Crippen molar-refractivity contribution in [2.75, 3.05) is 6.61 Å². The Morgan fingerprint density at radius 3 is 2.22 bits per heavy atom. The molecule has 0 radical (unpaired) electrons. The van der Waals surface area contributed by atoms with Crippen LogP contribution in [0.15, 0.2) is 17.6 Å². The standard InChI is InChI=1S/C16H18BF2NO3/c1-15(2)16(3,4)23-17(22-15)12(9-21)5-10-6-13(18)14(19)7-11(10)8-20/h5-7,21H,9H2,1-4H3. The molecule has 0 aliphatic carbocycles. The molecule has 1 heterocycles. The lowest BCUT2D eigenvalue weighted by Gasteiger charge is -2.32. The number of aliphatic hydroxyl groups is 1. The minimum atomic E-state index is -1.10. The molecule has 2 rings (SSSR count). The van der Waals surface area contributed by atoms with Crippen LogP contribution in [0.5, 0.6) is 0 Å². The fourth-order valence-corrected chi connectivity index (χ4v) is 2.16. The normalized spacial score (nSPS) is 19.7. The molecule has 0 saturated carbocycles. The number of halogens is 2. The van der Waals surface area contributed by atoms with Crippen molar-refractivity contribution in [3.63, 3.8) is 0 Å². The highest BCUT2D eigenvalue weighted by Gasteiger charge is 2.52. The Labute approximate surface area is 134 Å². The highest BCUT2D eigenvalue weighted by Crippen LogP contribution is 2.38. The Balaban J connectivity index is 2.42. The Morgan fingerprint density at radius 1 is 1.22 bits per heavy atom. The minimum absolute atomic E-state index is 0.0358. The van der Waals surface area contributed by atoms with Crippen molar-refractivity contribution in [3.05, 3.63) is 40.4 Å². The van der Waals surface area contributed by atoms with Gasteiger partial charge in [-0.2, -0.15) is 5.26 Å². The van der Waals surface area contributed by atoms with E-state index in [4.69, 9.17) is 14.6 Å². The van der Waals surface area contributed by atoms with Crippen LogP contribution in [0, 0.1) is 23.0 Å². The molecule has 1 fully saturated rings. The lowest BCUT2D eigenvalue weighted by molar-refractivity contribution is 0.00578. The summed E-state index contributed by atoms with van der Waals surface area (Å²) in [5.41, 5.74) is -0.751. The molecule has 0 amide bonds. The lowest BCUT2D eigenvalue weighted by atomic mass is 9.77. The molecule has 0 bridgehead atoms. The quantitative estimate of drug-likeness (QED) is 0.870. The van der Waals surface area contributed by atoms with Gasteiger partial charge in [-0.15, -0.1) is 0 Å². The van der Waals surface area contributed by atoms with E-state index < -0.39 is 36.6 Å². The van der Waals surface area contributed by atoms with E-state index in [-0.39, 0.29) is 11.1 Å². The van der Waals surface area contributed by atoms with Crippen LogP contribution < -0.4 is 0 Å². The number of nitriles is 1. The molecule has 4 nitrogen and oxygen atoms in total.